The van der Waals surface area contributed by atoms with Crippen molar-refractivity contribution in [2.75, 3.05) is 20.8 Å². The maximum absolute atomic E-state index is 12.7. The fraction of sp³-hybridized carbons (Fsp3) is 0.138. The van der Waals surface area contributed by atoms with Crippen molar-refractivity contribution < 1.29 is 23.8 Å². The first-order chi connectivity index (χ1) is 18.4. The molecule has 0 aliphatic heterocycles. The average Bonchev–Trinajstić information content (AvgIpc) is 3.34. The highest BCUT2D eigenvalue weighted by atomic mass is 79.9. The smallest absolute Gasteiger partial charge is 0.343 e. The zero-order valence-corrected chi connectivity index (χ0v) is 22.7. The molecule has 0 unspecified atom stereocenters. The van der Waals surface area contributed by atoms with Crippen LogP contribution in [0.4, 0.5) is 0 Å². The van der Waals surface area contributed by atoms with E-state index in [1.54, 1.807) is 24.3 Å². The summed E-state index contributed by atoms with van der Waals surface area (Å²) in [6.45, 7) is 1.80. The van der Waals surface area contributed by atoms with Gasteiger partial charge in [0.15, 0.2) is 18.1 Å². The molecular weight excluding hydrogens is 550 g/mol. The summed E-state index contributed by atoms with van der Waals surface area (Å²) in [5.74, 6) is -0.0961. The summed E-state index contributed by atoms with van der Waals surface area (Å²) in [6, 6.07) is 25.0. The first-order valence-electron chi connectivity index (χ1n) is 11.7. The monoisotopic (exact) mass is 575 g/mol. The van der Waals surface area contributed by atoms with E-state index in [1.807, 2.05) is 37.3 Å². The van der Waals surface area contributed by atoms with Crippen molar-refractivity contribution >= 4 is 34.0 Å². The Balaban J connectivity index is 1.45. The lowest BCUT2D eigenvalue weighted by Gasteiger charge is -2.13. The number of nitrogens with one attached hydrogen (secondary N) is 1. The number of hydrogen-bond donors (Lipinski definition) is 1. The lowest BCUT2D eigenvalue weighted by Crippen LogP contribution is -2.17. The molecular formula is C29H26BrN3O5. The van der Waals surface area contributed by atoms with Crippen LogP contribution in [0, 0.1) is 6.92 Å². The average molecular weight is 576 g/mol. The number of halogens is 1. The van der Waals surface area contributed by atoms with Gasteiger partial charge in [-0.05, 0) is 76.9 Å². The van der Waals surface area contributed by atoms with Crippen LogP contribution < -0.4 is 14.9 Å². The van der Waals surface area contributed by atoms with E-state index in [2.05, 4.69) is 60.0 Å². The van der Waals surface area contributed by atoms with Gasteiger partial charge in [-0.15, -0.1) is 0 Å². The summed E-state index contributed by atoms with van der Waals surface area (Å²) in [7, 11) is 2.77. The number of aromatic nitrogens is 1. The zero-order valence-electron chi connectivity index (χ0n) is 21.1. The number of carbonyl (C=O) groups excluding carboxylic acids is 2. The van der Waals surface area contributed by atoms with Gasteiger partial charge in [0.25, 0.3) is 5.91 Å². The molecule has 8 nitrogen and oxygen atoms in total. The van der Waals surface area contributed by atoms with E-state index in [4.69, 9.17) is 9.47 Å². The van der Waals surface area contributed by atoms with Gasteiger partial charge in [0.2, 0.25) is 0 Å². The molecule has 0 saturated heterocycles. The number of esters is 1. The molecule has 4 aromatic rings. The molecule has 0 radical (unpaired) electrons. The highest BCUT2D eigenvalue weighted by Gasteiger charge is 2.13. The van der Waals surface area contributed by atoms with E-state index in [-0.39, 0.29) is 12.5 Å². The summed E-state index contributed by atoms with van der Waals surface area (Å²) in [4.78, 5) is 24.1. The van der Waals surface area contributed by atoms with Crippen molar-refractivity contribution in [3.05, 3.63) is 100 Å². The maximum Gasteiger partial charge on any atom is 0.343 e. The molecule has 1 N–H and O–H groups in total. The number of amides is 1. The second kappa shape index (κ2) is 12.2. The van der Waals surface area contributed by atoms with E-state index < -0.39 is 5.97 Å². The van der Waals surface area contributed by atoms with Crippen LogP contribution in [0.1, 0.15) is 21.6 Å². The summed E-state index contributed by atoms with van der Waals surface area (Å²) in [6.07, 6.45) is 1.48. The fourth-order valence-corrected chi connectivity index (χ4v) is 4.24. The number of methoxy groups -OCH3 is 2. The quantitative estimate of drug-likeness (QED) is 0.161. The Bertz CT molecular complexity index is 1460. The molecule has 194 valence electrons. The number of hydrazone groups is 1. The van der Waals surface area contributed by atoms with Crippen molar-refractivity contribution in [3.8, 4) is 28.4 Å². The predicted molar refractivity (Wildman–Crippen MR) is 149 cm³/mol. The van der Waals surface area contributed by atoms with Gasteiger partial charge in [0.05, 0.1) is 26.1 Å². The van der Waals surface area contributed by atoms with E-state index in [1.165, 1.54) is 20.4 Å². The van der Waals surface area contributed by atoms with Crippen molar-refractivity contribution in [2.45, 2.75) is 6.92 Å². The maximum atomic E-state index is 12.7. The molecule has 0 aliphatic carbocycles. The van der Waals surface area contributed by atoms with Gasteiger partial charge in [-0.3, -0.25) is 4.79 Å². The topological polar surface area (TPSA) is 91.2 Å². The highest BCUT2D eigenvalue weighted by molar-refractivity contribution is 9.10. The molecule has 0 spiro atoms. The van der Waals surface area contributed by atoms with Crippen molar-refractivity contribution in [1.29, 1.82) is 0 Å². The Hall–Kier alpha value is -4.37. The van der Waals surface area contributed by atoms with Crippen molar-refractivity contribution in [3.63, 3.8) is 0 Å². The van der Waals surface area contributed by atoms with Crippen LogP contribution in [0.3, 0.4) is 0 Å². The zero-order chi connectivity index (χ0) is 27.1. The van der Waals surface area contributed by atoms with E-state index in [0.29, 0.717) is 27.1 Å². The molecule has 0 atom stereocenters. The van der Waals surface area contributed by atoms with Crippen LogP contribution >= 0.6 is 15.9 Å². The van der Waals surface area contributed by atoms with Crippen LogP contribution in [0.15, 0.2) is 88.4 Å². The summed E-state index contributed by atoms with van der Waals surface area (Å²) >= 11 is 3.44. The number of aryl methyl sites for hydroxylation is 1. The number of hydrogen-bond acceptors (Lipinski definition) is 6. The second-order valence-electron chi connectivity index (χ2n) is 8.20. The minimum Gasteiger partial charge on any atom is -0.493 e. The first-order valence-corrected chi connectivity index (χ1v) is 12.5. The third-order valence-corrected chi connectivity index (χ3v) is 6.45. The van der Waals surface area contributed by atoms with E-state index >= 15 is 0 Å². The number of benzene rings is 3. The predicted octanol–water partition coefficient (Wildman–Crippen LogP) is 5.54. The summed E-state index contributed by atoms with van der Waals surface area (Å²) in [5.41, 5.74) is 7.89. The molecule has 1 heterocycles. The van der Waals surface area contributed by atoms with Gasteiger partial charge >= 0.3 is 5.97 Å². The Labute approximate surface area is 229 Å². The number of carbonyl (C=O) groups is 2. The minimum atomic E-state index is -0.510. The number of ether oxygens (including phenoxy) is 3. The molecule has 3 aromatic carbocycles. The molecule has 1 amide bonds. The molecule has 9 heteroatoms. The largest absolute Gasteiger partial charge is 0.493 e. The molecule has 0 fully saturated rings. The Morgan fingerprint density at radius 3 is 2.39 bits per heavy atom. The summed E-state index contributed by atoms with van der Waals surface area (Å²) in [5, 5.41) is 4.08. The van der Waals surface area contributed by atoms with Crippen LogP contribution in [0.2, 0.25) is 0 Å². The van der Waals surface area contributed by atoms with Crippen LogP contribution in [-0.4, -0.2) is 43.5 Å². The molecule has 1 aromatic heterocycles. The Morgan fingerprint density at radius 1 is 0.974 bits per heavy atom. The number of nitrogens with zero attached hydrogens (tertiary/aromatic N) is 2. The minimum absolute atomic E-state index is 0.251. The van der Waals surface area contributed by atoms with E-state index in [0.717, 1.165) is 22.6 Å². The van der Waals surface area contributed by atoms with Crippen molar-refractivity contribution in [2.24, 2.45) is 5.10 Å². The van der Waals surface area contributed by atoms with Gasteiger partial charge in [-0.25, -0.2) is 10.2 Å². The van der Waals surface area contributed by atoms with Gasteiger partial charge in [0, 0.05) is 27.0 Å². The van der Waals surface area contributed by atoms with Gasteiger partial charge in [-0.2, -0.15) is 5.10 Å². The number of rotatable bonds is 9. The van der Waals surface area contributed by atoms with Crippen LogP contribution in [-0.2, 0) is 9.53 Å². The normalized spacial score (nSPS) is 10.8. The van der Waals surface area contributed by atoms with Gasteiger partial charge in [-0.1, -0.05) is 30.3 Å². The van der Waals surface area contributed by atoms with Gasteiger partial charge < -0.3 is 18.8 Å². The molecule has 38 heavy (non-hydrogen) atoms. The third-order valence-electron chi connectivity index (χ3n) is 5.76. The Kier molecular flexibility index (Phi) is 8.60. The SMILES string of the molecule is COC(=O)COc1cc(Br)c(/C=N/NC(=O)c2ccc(-n3c(C)ccc3-c3ccccc3)cc2)cc1OC. The molecule has 0 bridgehead atoms. The van der Waals surface area contributed by atoms with Gasteiger partial charge in [0.1, 0.15) is 0 Å². The highest BCUT2D eigenvalue weighted by Crippen LogP contribution is 2.33. The molecule has 0 saturated carbocycles. The summed E-state index contributed by atoms with van der Waals surface area (Å²) < 4.78 is 18.2. The fourth-order valence-electron chi connectivity index (χ4n) is 3.82. The van der Waals surface area contributed by atoms with Crippen LogP contribution in [0.5, 0.6) is 11.5 Å². The van der Waals surface area contributed by atoms with Crippen LogP contribution in [0.25, 0.3) is 16.9 Å². The lowest BCUT2D eigenvalue weighted by molar-refractivity contribution is -0.142. The Morgan fingerprint density at radius 2 is 1.71 bits per heavy atom. The van der Waals surface area contributed by atoms with E-state index in [9.17, 15) is 9.59 Å². The lowest BCUT2D eigenvalue weighted by atomic mass is 10.1. The van der Waals surface area contributed by atoms with Crippen molar-refractivity contribution in [1.82, 2.24) is 9.99 Å². The second-order valence-corrected chi connectivity index (χ2v) is 9.05. The molecule has 4 rings (SSSR count). The third kappa shape index (κ3) is 6.12. The molecule has 0 aliphatic rings. The standard InChI is InChI=1S/C29H26BrN3O5/c1-19-9-14-25(20-7-5-4-6-8-20)33(19)23-12-10-21(11-13-23)29(35)32-31-17-22-15-26(36-2)27(16-24(22)30)38-18-28(34)37-3/h4-17H,18H2,1-3H3,(H,32,35)/b31-17+. The first kappa shape index (κ1) is 26.7.